The lowest BCUT2D eigenvalue weighted by Gasteiger charge is -2.33. The summed E-state index contributed by atoms with van der Waals surface area (Å²) in [7, 11) is 1.72. The minimum atomic E-state index is -0.977. The quantitative estimate of drug-likeness (QED) is 0.859. The van der Waals surface area contributed by atoms with E-state index in [0.717, 1.165) is 25.9 Å². The van der Waals surface area contributed by atoms with E-state index in [1.165, 1.54) is 6.20 Å². The number of aromatic nitrogens is 1. The Hall–Kier alpha value is -1.62. The molecule has 0 unspecified atom stereocenters. The van der Waals surface area contributed by atoms with Gasteiger partial charge in [-0.05, 0) is 25.0 Å². The molecule has 1 N–H and O–H groups in total. The number of anilines is 1. The molecule has 0 atom stereocenters. The molecule has 92 valence electrons. The van der Waals surface area contributed by atoms with Gasteiger partial charge in [-0.25, -0.2) is 9.78 Å². The van der Waals surface area contributed by atoms with Gasteiger partial charge >= 0.3 is 5.97 Å². The molecule has 1 saturated heterocycles. The van der Waals surface area contributed by atoms with E-state index in [2.05, 4.69) is 9.88 Å². The number of piperidine rings is 1. The molecule has 5 nitrogen and oxygen atoms in total. The highest BCUT2D eigenvalue weighted by Gasteiger charge is 2.22. The predicted octanol–water partition coefficient (Wildman–Crippen LogP) is 1.40. The fourth-order valence-corrected chi connectivity index (χ4v) is 2.15. The Labute approximate surface area is 100 Å². The summed E-state index contributed by atoms with van der Waals surface area (Å²) in [6.45, 7) is 1.62. The topological polar surface area (TPSA) is 62.7 Å². The normalized spacial score (nSPS) is 17.1. The zero-order chi connectivity index (χ0) is 12.3. The summed E-state index contributed by atoms with van der Waals surface area (Å²) in [6, 6.07) is 3.58. The molecule has 1 aliphatic rings. The van der Waals surface area contributed by atoms with Crippen molar-refractivity contribution in [2.24, 2.45) is 0 Å². The number of hydrogen-bond donors (Lipinski definition) is 1. The van der Waals surface area contributed by atoms with Crippen molar-refractivity contribution in [1.29, 1.82) is 0 Å². The molecule has 17 heavy (non-hydrogen) atoms. The number of ether oxygens (including phenoxy) is 1. The second-order valence-electron chi connectivity index (χ2n) is 4.10. The predicted molar refractivity (Wildman–Crippen MR) is 63.4 cm³/mol. The molecule has 0 spiro atoms. The van der Waals surface area contributed by atoms with Crippen LogP contribution in [0.15, 0.2) is 18.3 Å². The summed E-state index contributed by atoms with van der Waals surface area (Å²) in [6.07, 6.45) is 3.64. The molecule has 0 aromatic carbocycles. The van der Waals surface area contributed by atoms with Gasteiger partial charge in [-0.15, -0.1) is 0 Å². The first-order chi connectivity index (χ1) is 8.22. The van der Waals surface area contributed by atoms with Crippen molar-refractivity contribution in [2.45, 2.75) is 18.9 Å². The average Bonchev–Trinajstić information content (AvgIpc) is 2.39. The molecule has 1 aromatic rings. The zero-order valence-corrected chi connectivity index (χ0v) is 9.80. The highest BCUT2D eigenvalue weighted by molar-refractivity contribution is 5.92. The van der Waals surface area contributed by atoms with E-state index in [-0.39, 0.29) is 11.8 Å². The van der Waals surface area contributed by atoms with Crippen LogP contribution in [0.2, 0.25) is 0 Å². The van der Waals surface area contributed by atoms with E-state index in [4.69, 9.17) is 9.84 Å². The summed E-state index contributed by atoms with van der Waals surface area (Å²) >= 11 is 0. The third-order valence-corrected chi connectivity index (χ3v) is 3.10. The van der Waals surface area contributed by atoms with Gasteiger partial charge in [0.1, 0.15) is 0 Å². The van der Waals surface area contributed by atoms with Crippen molar-refractivity contribution in [3.05, 3.63) is 24.0 Å². The molecule has 0 amide bonds. The smallest absolute Gasteiger partial charge is 0.356 e. The van der Waals surface area contributed by atoms with Gasteiger partial charge in [0.25, 0.3) is 0 Å². The number of nitrogens with zero attached hydrogens (tertiary/aromatic N) is 2. The van der Waals surface area contributed by atoms with Crippen LogP contribution < -0.4 is 4.90 Å². The molecule has 1 aromatic heterocycles. The Balaban J connectivity index is 2.15. The van der Waals surface area contributed by atoms with Crippen molar-refractivity contribution in [1.82, 2.24) is 4.98 Å². The van der Waals surface area contributed by atoms with Crippen LogP contribution in [0, 0.1) is 0 Å². The van der Waals surface area contributed by atoms with Gasteiger partial charge in [0.15, 0.2) is 5.69 Å². The first kappa shape index (κ1) is 11.9. The maximum Gasteiger partial charge on any atom is 0.356 e. The maximum absolute atomic E-state index is 11.1. The van der Waals surface area contributed by atoms with E-state index >= 15 is 0 Å². The number of carboxylic acids is 1. The molecule has 0 radical (unpaired) electrons. The van der Waals surface area contributed by atoms with Crippen molar-refractivity contribution in [3.63, 3.8) is 0 Å². The first-order valence-corrected chi connectivity index (χ1v) is 5.68. The van der Waals surface area contributed by atoms with Crippen LogP contribution in [-0.4, -0.2) is 42.4 Å². The summed E-state index contributed by atoms with van der Waals surface area (Å²) in [5.74, 6) is -0.977. The summed E-state index contributed by atoms with van der Waals surface area (Å²) in [5.41, 5.74) is 0.831. The second kappa shape index (κ2) is 5.14. The molecule has 1 fully saturated rings. The monoisotopic (exact) mass is 236 g/mol. The summed E-state index contributed by atoms with van der Waals surface area (Å²) in [5, 5.41) is 9.08. The molecular formula is C12H16N2O3. The molecule has 5 heteroatoms. The molecular weight excluding hydrogens is 220 g/mol. The molecule has 0 aliphatic carbocycles. The fourth-order valence-electron chi connectivity index (χ4n) is 2.15. The van der Waals surface area contributed by atoms with E-state index < -0.39 is 5.97 Å². The van der Waals surface area contributed by atoms with Crippen LogP contribution in [0.5, 0.6) is 0 Å². The van der Waals surface area contributed by atoms with E-state index in [9.17, 15) is 4.79 Å². The van der Waals surface area contributed by atoms with Crippen LogP contribution in [0.1, 0.15) is 23.3 Å². The number of pyridine rings is 1. The first-order valence-electron chi connectivity index (χ1n) is 5.68. The Morgan fingerprint density at radius 3 is 2.82 bits per heavy atom. The maximum atomic E-state index is 11.1. The number of hydrogen-bond acceptors (Lipinski definition) is 4. The van der Waals surface area contributed by atoms with Crippen LogP contribution in [0.25, 0.3) is 0 Å². The van der Waals surface area contributed by atoms with Crippen LogP contribution in [0.4, 0.5) is 5.69 Å². The van der Waals surface area contributed by atoms with Gasteiger partial charge in [0, 0.05) is 26.4 Å². The Kier molecular flexibility index (Phi) is 3.58. The number of methoxy groups -OCH3 is 1. The largest absolute Gasteiger partial charge is 0.476 e. The van der Waals surface area contributed by atoms with Crippen LogP contribution >= 0.6 is 0 Å². The second-order valence-corrected chi connectivity index (χ2v) is 4.10. The van der Waals surface area contributed by atoms with E-state index in [1.54, 1.807) is 13.2 Å². The van der Waals surface area contributed by atoms with Crippen LogP contribution in [0.3, 0.4) is 0 Å². The van der Waals surface area contributed by atoms with Gasteiger partial charge in [-0.2, -0.15) is 0 Å². The van der Waals surface area contributed by atoms with Crippen molar-refractivity contribution >= 4 is 11.7 Å². The highest BCUT2D eigenvalue weighted by atomic mass is 16.5. The number of aromatic carboxylic acids is 1. The molecule has 0 bridgehead atoms. The average molecular weight is 236 g/mol. The van der Waals surface area contributed by atoms with Gasteiger partial charge in [0.2, 0.25) is 0 Å². The van der Waals surface area contributed by atoms with Gasteiger partial charge < -0.3 is 14.7 Å². The van der Waals surface area contributed by atoms with Crippen molar-refractivity contribution in [3.8, 4) is 0 Å². The number of rotatable bonds is 3. The lowest BCUT2D eigenvalue weighted by atomic mass is 10.1. The third-order valence-electron chi connectivity index (χ3n) is 3.10. The fraction of sp³-hybridized carbons (Fsp3) is 0.500. The Morgan fingerprint density at radius 2 is 2.24 bits per heavy atom. The van der Waals surface area contributed by atoms with Crippen LogP contribution in [-0.2, 0) is 4.74 Å². The minimum absolute atomic E-state index is 0.128. The third kappa shape index (κ3) is 2.55. The number of carbonyl (C=O) groups is 1. The Bertz CT molecular complexity index is 400. The minimum Gasteiger partial charge on any atom is -0.476 e. The highest BCUT2D eigenvalue weighted by Crippen LogP contribution is 2.23. The van der Waals surface area contributed by atoms with E-state index in [0.29, 0.717) is 5.69 Å². The van der Waals surface area contributed by atoms with E-state index in [1.807, 2.05) is 6.07 Å². The SMILES string of the molecule is COC1CCN(c2cccnc2C(=O)O)CC1. The molecule has 2 heterocycles. The van der Waals surface area contributed by atoms with Gasteiger partial charge in [-0.3, -0.25) is 0 Å². The van der Waals surface area contributed by atoms with Gasteiger partial charge in [0.05, 0.1) is 11.8 Å². The zero-order valence-electron chi connectivity index (χ0n) is 9.80. The Morgan fingerprint density at radius 1 is 1.53 bits per heavy atom. The molecule has 2 rings (SSSR count). The molecule has 0 saturated carbocycles. The van der Waals surface area contributed by atoms with Gasteiger partial charge in [-0.1, -0.05) is 0 Å². The summed E-state index contributed by atoms with van der Waals surface area (Å²) in [4.78, 5) is 17.1. The van der Waals surface area contributed by atoms with Crippen molar-refractivity contribution in [2.75, 3.05) is 25.1 Å². The number of carboxylic acid groups (broad SMARTS) is 1. The van der Waals surface area contributed by atoms with Crippen molar-refractivity contribution < 1.29 is 14.6 Å². The standard InChI is InChI=1S/C12H16N2O3/c1-17-9-4-7-14(8-5-9)10-3-2-6-13-11(10)12(15)16/h2-3,6,9H,4-5,7-8H2,1H3,(H,15,16). The lowest BCUT2D eigenvalue weighted by molar-refractivity contribution is 0.0690. The summed E-state index contributed by atoms with van der Waals surface area (Å²) < 4.78 is 5.29. The lowest BCUT2D eigenvalue weighted by Crippen LogP contribution is -2.37. The molecule has 1 aliphatic heterocycles.